The monoisotopic (exact) mass is 278 g/mol. The lowest BCUT2D eigenvalue weighted by molar-refractivity contribution is 0.192. The molecule has 1 saturated carbocycles. The highest BCUT2D eigenvalue weighted by atomic mass is 16.3. The molecule has 2 rings (SSSR count). The maximum atomic E-state index is 12.1. The number of furan rings is 1. The molecule has 4 nitrogen and oxygen atoms in total. The molecule has 0 spiro atoms. The second-order valence-electron chi connectivity index (χ2n) is 6.15. The molecular weight excluding hydrogens is 252 g/mol. The van der Waals surface area contributed by atoms with E-state index in [4.69, 9.17) is 4.42 Å². The van der Waals surface area contributed by atoms with E-state index < -0.39 is 0 Å². The van der Waals surface area contributed by atoms with E-state index in [9.17, 15) is 4.79 Å². The number of urea groups is 1. The van der Waals surface area contributed by atoms with Crippen LogP contribution >= 0.6 is 0 Å². The molecule has 0 radical (unpaired) electrons. The normalized spacial score (nSPS) is 24.4. The second-order valence-corrected chi connectivity index (χ2v) is 6.15. The molecule has 0 bridgehead atoms. The maximum Gasteiger partial charge on any atom is 0.315 e. The number of carbonyl (C=O) groups excluding carboxylic acids is 1. The summed E-state index contributed by atoms with van der Waals surface area (Å²) in [6.07, 6.45) is 6.43. The molecule has 3 unspecified atom stereocenters. The zero-order chi connectivity index (χ0) is 14.5. The first-order valence-corrected chi connectivity index (χ1v) is 7.68. The highest BCUT2D eigenvalue weighted by Crippen LogP contribution is 2.30. The van der Waals surface area contributed by atoms with E-state index in [1.54, 1.807) is 6.26 Å². The Morgan fingerprint density at radius 1 is 1.30 bits per heavy atom. The highest BCUT2D eigenvalue weighted by Gasteiger charge is 2.28. The molecule has 112 valence electrons. The number of carbonyl (C=O) groups is 1. The molecule has 2 N–H and O–H groups in total. The van der Waals surface area contributed by atoms with Crippen molar-refractivity contribution in [3.63, 3.8) is 0 Å². The van der Waals surface area contributed by atoms with Crippen molar-refractivity contribution in [1.82, 2.24) is 10.6 Å². The van der Waals surface area contributed by atoms with Crippen molar-refractivity contribution < 1.29 is 9.21 Å². The van der Waals surface area contributed by atoms with Crippen molar-refractivity contribution in [3.8, 4) is 0 Å². The summed E-state index contributed by atoms with van der Waals surface area (Å²) in [5.74, 6) is 1.99. The summed E-state index contributed by atoms with van der Waals surface area (Å²) in [6, 6.07) is 3.81. The number of rotatable bonds is 4. The minimum atomic E-state index is -0.105. The Hall–Kier alpha value is -1.45. The average molecular weight is 278 g/mol. The topological polar surface area (TPSA) is 54.3 Å². The van der Waals surface area contributed by atoms with Crippen LogP contribution in [-0.4, -0.2) is 12.1 Å². The molecule has 2 amide bonds. The van der Waals surface area contributed by atoms with Gasteiger partial charge in [-0.2, -0.15) is 0 Å². The van der Waals surface area contributed by atoms with Crippen molar-refractivity contribution in [3.05, 3.63) is 24.2 Å². The number of hydrogen-bond donors (Lipinski definition) is 2. The lowest BCUT2D eigenvalue weighted by Crippen LogP contribution is -2.48. The predicted octanol–water partition coefficient (Wildman–Crippen LogP) is 3.85. The molecule has 1 aromatic heterocycles. The van der Waals surface area contributed by atoms with Gasteiger partial charge in [0.1, 0.15) is 5.76 Å². The van der Waals surface area contributed by atoms with Gasteiger partial charge >= 0.3 is 6.03 Å². The van der Waals surface area contributed by atoms with E-state index in [0.29, 0.717) is 17.9 Å². The molecule has 1 aromatic rings. The molecule has 1 aliphatic rings. The van der Waals surface area contributed by atoms with Gasteiger partial charge in [-0.1, -0.05) is 26.7 Å². The van der Waals surface area contributed by atoms with Gasteiger partial charge in [-0.15, -0.1) is 0 Å². The third kappa shape index (κ3) is 3.78. The lowest BCUT2D eigenvalue weighted by Gasteiger charge is -2.35. The molecule has 1 aliphatic carbocycles. The zero-order valence-electron chi connectivity index (χ0n) is 12.7. The minimum Gasteiger partial charge on any atom is -0.467 e. The van der Waals surface area contributed by atoms with E-state index in [-0.39, 0.29) is 12.1 Å². The van der Waals surface area contributed by atoms with E-state index in [0.717, 1.165) is 12.2 Å². The van der Waals surface area contributed by atoms with Crippen molar-refractivity contribution in [2.45, 2.75) is 58.5 Å². The van der Waals surface area contributed by atoms with Crippen LogP contribution in [-0.2, 0) is 0 Å². The highest BCUT2D eigenvalue weighted by molar-refractivity contribution is 5.74. The van der Waals surface area contributed by atoms with Crippen LogP contribution in [0.1, 0.15) is 58.3 Å². The number of nitrogens with one attached hydrogen (secondary N) is 2. The maximum absolute atomic E-state index is 12.1. The summed E-state index contributed by atoms with van der Waals surface area (Å²) in [6.45, 7) is 6.42. The van der Waals surface area contributed by atoms with Gasteiger partial charge in [0.2, 0.25) is 0 Å². The summed E-state index contributed by atoms with van der Waals surface area (Å²) in [4.78, 5) is 12.1. The molecule has 1 fully saturated rings. The van der Waals surface area contributed by atoms with Gasteiger partial charge in [-0.25, -0.2) is 4.79 Å². The van der Waals surface area contributed by atoms with Crippen molar-refractivity contribution in [2.75, 3.05) is 0 Å². The molecule has 0 aromatic carbocycles. The van der Waals surface area contributed by atoms with Crippen LogP contribution in [0.25, 0.3) is 0 Å². The largest absolute Gasteiger partial charge is 0.467 e. The second kappa shape index (κ2) is 6.82. The van der Waals surface area contributed by atoms with Crippen LogP contribution in [0.15, 0.2) is 22.8 Å². The van der Waals surface area contributed by atoms with Crippen LogP contribution in [0.2, 0.25) is 0 Å². The SMILES string of the molecule is CC(NC(=O)NC1CCCCC1C(C)C)c1ccco1. The van der Waals surface area contributed by atoms with Gasteiger partial charge in [0.15, 0.2) is 0 Å². The van der Waals surface area contributed by atoms with Gasteiger partial charge in [-0.05, 0) is 43.7 Å². The van der Waals surface area contributed by atoms with Gasteiger partial charge in [0.05, 0.1) is 12.3 Å². The third-order valence-corrected chi connectivity index (χ3v) is 4.31. The summed E-state index contributed by atoms with van der Waals surface area (Å²) in [5, 5.41) is 6.10. The first-order chi connectivity index (χ1) is 9.58. The molecule has 0 saturated heterocycles. The first kappa shape index (κ1) is 14.9. The van der Waals surface area contributed by atoms with E-state index >= 15 is 0 Å². The molecule has 3 atom stereocenters. The fourth-order valence-corrected chi connectivity index (χ4v) is 3.15. The van der Waals surface area contributed by atoms with Crippen molar-refractivity contribution in [1.29, 1.82) is 0 Å². The number of hydrogen-bond acceptors (Lipinski definition) is 2. The molecule has 20 heavy (non-hydrogen) atoms. The van der Waals surface area contributed by atoms with Crippen LogP contribution in [0.3, 0.4) is 0 Å². The Balaban J connectivity index is 1.86. The summed E-state index contributed by atoms with van der Waals surface area (Å²) in [7, 11) is 0. The minimum absolute atomic E-state index is 0.0913. The Morgan fingerprint density at radius 2 is 2.05 bits per heavy atom. The third-order valence-electron chi connectivity index (χ3n) is 4.31. The van der Waals surface area contributed by atoms with Gasteiger partial charge in [-0.3, -0.25) is 0 Å². The first-order valence-electron chi connectivity index (χ1n) is 7.68. The van der Waals surface area contributed by atoms with E-state index in [2.05, 4.69) is 24.5 Å². The standard InChI is InChI=1S/C16H26N2O2/c1-11(2)13-7-4-5-8-14(13)18-16(19)17-12(3)15-9-6-10-20-15/h6,9-14H,4-5,7-8H2,1-3H3,(H2,17,18,19). The summed E-state index contributed by atoms with van der Waals surface area (Å²) >= 11 is 0. The molecule has 4 heteroatoms. The molecule has 1 heterocycles. The quantitative estimate of drug-likeness (QED) is 0.878. The zero-order valence-corrected chi connectivity index (χ0v) is 12.7. The predicted molar refractivity (Wildman–Crippen MR) is 79.4 cm³/mol. The Bertz CT molecular complexity index is 414. The van der Waals surface area contributed by atoms with E-state index in [1.165, 1.54) is 19.3 Å². The molecular formula is C16H26N2O2. The Kier molecular flexibility index (Phi) is 5.10. The fraction of sp³-hybridized carbons (Fsp3) is 0.688. The van der Waals surface area contributed by atoms with Crippen LogP contribution in [0.4, 0.5) is 4.79 Å². The van der Waals surface area contributed by atoms with Gasteiger partial charge in [0, 0.05) is 6.04 Å². The van der Waals surface area contributed by atoms with Crippen LogP contribution < -0.4 is 10.6 Å². The average Bonchev–Trinajstić information content (AvgIpc) is 2.92. The summed E-state index contributed by atoms with van der Waals surface area (Å²) < 4.78 is 5.30. The molecule has 0 aliphatic heterocycles. The van der Waals surface area contributed by atoms with Crippen molar-refractivity contribution in [2.24, 2.45) is 11.8 Å². The summed E-state index contributed by atoms with van der Waals surface area (Å²) in [5.41, 5.74) is 0. The number of amides is 2. The van der Waals surface area contributed by atoms with Crippen LogP contribution in [0.5, 0.6) is 0 Å². The van der Waals surface area contributed by atoms with Gasteiger partial charge in [0.25, 0.3) is 0 Å². The smallest absolute Gasteiger partial charge is 0.315 e. The lowest BCUT2D eigenvalue weighted by atomic mass is 9.78. The Labute approximate surface area is 121 Å². The van der Waals surface area contributed by atoms with Crippen molar-refractivity contribution >= 4 is 6.03 Å². The Morgan fingerprint density at radius 3 is 2.70 bits per heavy atom. The van der Waals surface area contributed by atoms with E-state index in [1.807, 2.05) is 19.1 Å². The fourth-order valence-electron chi connectivity index (χ4n) is 3.15. The van der Waals surface area contributed by atoms with Gasteiger partial charge < -0.3 is 15.1 Å². The van der Waals surface area contributed by atoms with Crippen LogP contribution in [0, 0.1) is 11.8 Å².